The molecule has 1 aromatic carbocycles. The van der Waals surface area contributed by atoms with Crippen LogP contribution in [0.3, 0.4) is 0 Å². The number of carboxylic acid groups (broad SMARTS) is 1. The number of hydrogen-bond donors (Lipinski definition) is 1. The molecule has 0 bridgehead atoms. The van der Waals surface area contributed by atoms with Gasteiger partial charge in [0.1, 0.15) is 5.01 Å². The molecule has 0 saturated carbocycles. The highest BCUT2D eigenvalue weighted by molar-refractivity contribution is 9.11. The van der Waals surface area contributed by atoms with Crippen molar-refractivity contribution in [2.24, 2.45) is 0 Å². The maximum Gasteiger partial charge on any atom is 0.303 e. The van der Waals surface area contributed by atoms with Crippen LogP contribution in [0.5, 0.6) is 0 Å². The van der Waals surface area contributed by atoms with Crippen LogP contribution in [0.15, 0.2) is 40.2 Å². The van der Waals surface area contributed by atoms with Gasteiger partial charge in [-0.15, -0.1) is 22.7 Å². The Hall–Kier alpha value is -1.50. The van der Waals surface area contributed by atoms with Gasteiger partial charge in [-0.25, -0.2) is 4.98 Å². The minimum Gasteiger partial charge on any atom is -0.481 e. The number of hydrogen-bond acceptors (Lipinski definition) is 4. The zero-order chi connectivity index (χ0) is 15.5. The number of para-hydroxylation sites is 1. The number of thiophene rings is 1. The number of thiazole rings is 1. The summed E-state index contributed by atoms with van der Waals surface area (Å²) < 4.78 is 2.17. The van der Waals surface area contributed by atoms with E-state index in [4.69, 9.17) is 5.11 Å². The van der Waals surface area contributed by atoms with Crippen LogP contribution < -0.4 is 0 Å². The van der Waals surface area contributed by atoms with Gasteiger partial charge in [0.05, 0.1) is 14.0 Å². The van der Waals surface area contributed by atoms with E-state index in [9.17, 15) is 4.79 Å². The first-order valence-corrected chi connectivity index (χ1v) is 9.08. The molecule has 0 fully saturated rings. The van der Waals surface area contributed by atoms with Crippen molar-refractivity contribution in [3.05, 3.63) is 50.1 Å². The highest BCUT2D eigenvalue weighted by Gasteiger charge is 2.11. The van der Waals surface area contributed by atoms with E-state index in [2.05, 4.69) is 20.9 Å². The van der Waals surface area contributed by atoms with Crippen LogP contribution in [-0.4, -0.2) is 16.1 Å². The summed E-state index contributed by atoms with van der Waals surface area (Å²) in [7, 11) is 0. The molecule has 112 valence electrons. The second kappa shape index (κ2) is 6.73. The molecule has 0 saturated heterocycles. The fourth-order valence-electron chi connectivity index (χ4n) is 2.07. The standard InChI is InChI=1S/C16H12BrNO2S2/c17-14-7-6-11(21-14)9-10(5-8-15(19)20)16-18-12-3-1-2-4-13(12)22-16/h1-4,6-7,9H,5,8H2,(H,19,20)/b10-9+. The molecule has 0 spiro atoms. The van der Waals surface area contributed by atoms with Crippen LogP contribution in [0, 0.1) is 0 Å². The molecule has 2 heterocycles. The molecule has 22 heavy (non-hydrogen) atoms. The average molecular weight is 394 g/mol. The minimum atomic E-state index is -0.792. The second-order valence-electron chi connectivity index (χ2n) is 4.69. The summed E-state index contributed by atoms with van der Waals surface area (Å²) in [5.74, 6) is -0.792. The average Bonchev–Trinajstić information content (AvgIpc) is 3.09. The Bertz CT molecular complexity index is 818. The number of rotatable bonds is 5. The normalized spacial score (nSPS) is 12.0. The lowest BCUT2D eigenvalue weighted by molar-refractivity contribution is -0.136. The largest absolute Gasteiger partial charge is 0.481 e. The third-order valence-corrected chi connectivity index (χ3v) is 5.77. The molecule has 2 aromatic heterocycles. The number of carbonyl (C=O) groups is 1. The Morgan fingerprint density at radius 1 is 1.18 bits per heavy atom. The second-order valence-corrected chi connectivity index (χ2v) is 8.22. The molecule has 3 nitrogen and oxygen atoms in total. The lowest BCUT2D eigenvalue weighted by Gasteiger charge is -2.01. The van der Waals surface area contributed by atoms with Crippen LogP contribution in [0.1, 0.15) is 22.7 Å². The van der Waals surface area contributed by atoms with Gasteiger partial charge in [0.2, 0.25) is 0 Å². The Morgan fingerprint density at radius 3 is 2.68 bits per heavy atom. The maximum atomic E-state index is 10.9. The summed E-state index contributed by atoms with van der Waals surface area (Å²) in [4.78, 5) is 16.6. The molecule has 6 heteroatoms. The van der Waals surface area contributed by atoms with Crippen LogP contribution >= 0.6 is 38.6 Å². The Labute approximate surface area is 144 Å². The number of aromatic nitrogens is 1. The van der Waals surface area contributed by atoms with Gasteiger partial charge in [0, 0.05) is 11.3 Å². The van der Waals surface area contributed by atoms with Crippen molar-refractivity contribution in [3.63, 3.8) is 0 Å². The lowest BCUT2D eigenvalue weighted by Crippen LogP contribution is -1.95. The summed E-state index contributed by atoms with van der Waals surface area (Å²) >= 11 is 6.68. The number of aliphatic carboxylic acids is 1. The van der Waals surface area contributed by atoms with Gasteiger partial charge < -0.3 is 5.11 Å². The van der Waals surface area contributed by atoms with E-state index in [1.807, 2.05) is 42.5 Å². The molecular formula is C16H12BrNO2S2. The van der Waals surface area contributed by atoms with Crippen molar-refractivity contribution in [2.45, 2.75) is 12.8 Å². The number of fused-ring (bicyclic) bond motifs is 1. The summed E-state index contributed by atoms with van der Waals surface area (Å²) in [6, 6.07) is 12.0. The quantitative estimate of drug-likeness (QED) is 0.619. The Kier molecular flexibility index (Phi) is 4.71. The van der Waals surface area contributed by atoms with Gasteiger partial charge in [-0.1, -0.05) is 12.1 Å². The first kappa shape index (κ1) is 15.4. The smallest absolute Gasteiger partial charge is 0.303 e. The van der Waals surface area contributed by atoms with E-state index < -0.39 is 5.97 Å². The lowest BCUT2D eigenvalue weighted by atomic mass is 10.1. The minimum absolute atomic E-state index is 0.105. The predicted octanol–water partition coefficient (Wildman–Crippen LogP) is 5.53. The van der Waals surface area contributed by atoms with Crippen molar-refractivity contribution >= 4 is 66.4 Å². The molecule has 0 aliphatic carbocycles. The fourth-order valence-corrected chi connectivity index (χ4v) is 4.47. The molecule has 3 rings (SSSR count). The van der Waals surface area contributed by atoms with Crippen molar-refractivity contribution < 1.29 is 9.90 Å². The maximum absolute atomic E-state index is 10.9. The van der Waals surface area contributed by atoms with Gasteiger partial charge >= 0.3 is 5.97 Å². The van der Waals surface area contributed by atoms with Crippen molar-refractivity contribution in [3.8, 4) is 0 Å². The third-order valence-electron chi connectivity index (χ3n) is 3.09. The zero-order valence-corrected chi connectivity index (χ0v) is 14.7. The summed E-state index contributed by atoms with van der Waals surface area (Å²) in [5, 5.41) is 9.87. The van der Waals surface area contributed by atoms with Gasteiger partial charge in [0.15, 0.2) is 0 Å². The highest BCUT2D eigenvalue weighted by Crippen LogP contribution is 2.33. The molecule has 0 atom stereocenters. The predicted molar refractivity (Wildman–Crippen MR) is 96.4 cm³/mol. The van der Waals surface area contributed by atoms with Crippen molar-refractivity contribution in [1.82, 2.24) is 4.98 Å². The SMILES string of the molecule is O=C(O)CC/C(=C\c1ccc(Br)s1)c1nc2ccccc2s1. The molecular weight excluding hydrogens is 382 g/mol. The third kappa shape index (κ3) is 3.63. The van der Waals surface area contributed by atoms with E-state index in [0.29, 0.717) is 6.42 Å². The molecule has 3 aromatic rings. The van der Waals surface area contributed by atoms with Gasteiger partial charge in [0.25, 0.3) is 0 Å². The Morgan fingerprint density at radius 2 is 2.00 bits per heavy atom. The van der Waals surface area contributed by atoms with E-state index in [0.717, 1.165) is 29.5 Å². The van der Waals surface area contributed by atoms with E-state index >= 15 is 0 Å². The highest BCUT2D eigenvalue weighted by atomic mass is 79.9. The molecule has 0 unspecified atom stereocenters. The van der Waals surface area contributed by atoms with E-state index in [1.165, 1.54) is 0 Å². The van der Waals surface area contributed by atoms with Crippen LogP contribution in [0.2, 0.25) is 0 Å². The molecule has 1 N–H and O–H groups in total. The topological polar surface area (TPSA) is 50.2 Å². The number of benzene rings is 1. The molecule has 0 aliphatic heterocycles. The zero-order valence-electron chi connectivity index (χ0n) is 11.5. The number of carboxylic acids is 1. The monoisotopic (exact) mass is 393 g/mol. The summed E-state index contributed by atoms with van der Waals surface area (Å²) in [6.45, 7) is 0. The molecule has 0 aliphatic rings. The van der Waals surface area contributed by atoms with Crippen LogP contribution in [0.25, 0.3) is 21.9 Å². The Balaban J connectivity index is 1.99. The number of nitrogens with zero attached hydrogens (tertiary/aromatic N) is 1. The van der Waals surface area contributed by atoms with Crippen LogP contribution in [0.4, 0.5) is 0 Å². The van der Waals surface area contributed by atoms with Gasteiger partial charge in [-0.2, -0.15) is 0 Å². The number of allylic oxidation sites excluding steroid dienone is 1. The van der Waals surface area contributed by atoms with Crippen molar-refractivity contribution in [2.75, 3.05) is 0 Å². The van der Waals surface area contributed by atoms with Crippen molar-refractivity contribution in [1.29, 1.82) is 0 Å². The first-order valence-electron chi connectivity index (χ1n) is 6.65. The molecule has 0 radical (unpaired) electrons. The molecule has 0 amide bonds. The summed E-state index contributed by atoms with van der Waals surface area (Å²) in [6.07, 6.45) is 2.62. The number of halogens is 1. The van der Waals surface area contributed by atoms with Gasteiger partial charge in [-0.05, 0) is 58.3 Å². The van der Waals surface area contributed by atoms with E-state index in [-0.39, 0.29) is 6.42 Å². The fraction of sp³-hybridized carbons (Fsp3) is 0.125. The van der Waals surface area contributed by atoms with E-state index in [1.54, 1.807) is 22.7 Å². The van der Waals surface area contributed by atoms with Gasteiger partial charge in [-0.3, -0.25) is 4.79 Å². The van der Waals surface area contributed by atoms with Crippen LogP contribution in [-0.2, 0) is 4.79 Å². The first-order chi connectivity index (χ1) is 10.6. The summed E-state index contributed by atoms with van der Waals surface area (Å²) in [5.41, 5.74) is 1.93.